The van der Waals surface area contributed by atoms with Gasteiger partial charge in [-0.1, -0.05) is 17.3 Å². The van der Waals surface area contributed by atoms with Gasteiger partial charge in [0.1, 0.15) is 5.76 Å². The minimum Gasteiger partial charge on any atom is -0.481 e. The molecule has 0 amide bonds. The van der Waals surface area contributed by atoms with Crippen LogP contribution in [-0.4, -0.2) is 30.3 Å². The van der Waals surface area contributed by atoms with Crippen LogP contribution >= 0.6 is 0 Å². The Kier molecular flexibility index (Phi) is 4.31. The molecule has 112 valence electrons. The Balaban J connectivity index is 2.29. The summed E-state index contributed by atoms with van der Waals surface area (Å²) in [6.45, 7) is 3.64. The number of carboxylic acid groups (broad SMARTS) is 1. The molecule has 0 saturated heterocycles. The average molecular weight is 288 g/mol. The number of carbonyl (C=O) groups is 1. The van der Waals surface area contributed by atoms with E-state index in [0.717, 1.165) is 22.5 Å². The first-order chi connectivity index (χ1) is 9.90. The SMILES string of the molecule is Cc1noc(C)c1CC(C(=O)O)c1ccc(N(C)C)cc1. The van der Waals surface area contributed by atoms with Crippen LogP contribution in [0, 0.1) is 13.8 Å². The van der Waals surface area contributed by atoms with E-state index in [1.165, 1.54) is 0 Å². The number of aryl methyl sites for hydroxylation is 2. The average Bonchev–Trinajstić information content (AvgIpc) is 2.75. The van der Waals surface area contributed by atoms with E-state index >= 15 is 0 Å². The zero-order chi connectivity index (χ0) is 15.6. The Bertz CT molecular complexity index is 610. The van der Waals surface area contributed by atoms with E-state index in [4.69, 9.17) is 4.52 Å². The molecule has 2 aromatic rings. The lowest BCUT2D eigenvalue weighted by molar-refractivity contribution is -0.138. The van der Waals surface area contributed by atoms with Gasteiger partial charge in [0.25, 0.3) is 0 Å². The van der Waals surface area contributed by atoms with E-state index in [-0.39, 0.29) is 0 Å². The van der Waals surface area contributed by atoms with E-state index in [9.17, 15) is 9.90 Å². The monoisotopic (exact) mass is 288 g/mol. The highest BCUT2D eigenvalue weighted by molar-refractivity contribution is 5.77. The van der Waals surface area contributed by atoms with Crippen molar-refractivity contribution in [2.24, 2.45) is 0 Å². The Labute approximate surface area is 124 Å². The van der Waals surface area contributed by atoms with Crippen molar-refractivity contribution in [1.82, 2.24) is 5.16 Å². The molecular weight excluding hydrogens is 268 g/mol. The molecule has 2 rings (SSSR count). The summed E-state index contributed by atoms with van der Waals surface area (Å²) < 4.78 is 5.11. The fraction of sp³-hybridized carbons (Fsp3) is 0.375. The maximum Gasteiger partial charge on any atom is 0.311 e. The number of carboxylic acids is 1. The van der Waals surface area contributed by atoms with Crippen LogP contribution in [0.25, 0.3) is 0 Å². The van der Waals surface area contributed by atoms with Gasteiger partial charge in [-0.2, -0.15) is 0 Å². The molecule has 21 heavy (non-hydrogen) atoms. The smallest absolute Gasteiger partial charge is 0.311 e. The van der Waals surface area contributed by atoms with Crippen LogP contribution in [0.3, 0.4) is 0 Å². The summed E-state index contributed by atoms with van der Waals surface area (Å²) in [6.07, 6.45) is 0.387. The Morgan fingerprint density at radius 2 is 1.90 bits per heavy atom. The number of rotatable bonds is 5. The van der Waals surface area contributed by atoms with Crippen LogP contribution in [0.15, 0.2) is 28.8 Å². The lowest BCUT2D eigenvalue weighted by Gasteiger charge is -2.16. The van der Waals surface area contributed by atoms with Crippen LogP contribution in [-0.2, 0) is 11.2 Å². The van der Waals surface area contributed by atoms with Crippen molar-refractivity contribution in [2.75, 3.05) is 19.0 Å². The van der Waals surface area contributed by atoms with Crippen LogP contribution in [0.5, 0.6) is 0 Å². The van der Waals surface area contributed by atoms with Gasteiger partial charge in [0.2, 0.25) is 0 Å². The molecule has 5 heteroatoms. The van der Waals surface area contributed by atoms with Crippen molar-refractivity contribution in [3.63, 3.8) is 0 Å². The molecule has 0 aliphatic carbocycles. The molecule has 0 fully saturated rings. The molecule has 0 spiro atoms. The number of aliphatic carboxylic acids is 1. The number of hydrogen-bond donors (Lipinski definition) is 1. The van der Waals surface area contributed by atoms with E-state index < -0.39 is 11.9 Å². The third kappa shape index (κ3) is 3.24. The number of anilines is 1. The second-order valence-corrected chi connectivity index (χ2v) is 5.38. The second-order valence-electron chi connectivity index (χ2n) is 5.38. The Morgan fingerprint density at radius 3 is 2.33 bits per heavy atom. The molecular formula is C16H20N2O3. The standard InChI is InChI=1S/C16H20N2O3/c1-10-14(11(2)21-17-10)9-15(16(19)20)12-5-7-13(8-6-12)18(3)4/h5-8,15H,9H2,1-4H3,(H,19,20). The Hall–Kier alpha value is -2.30. The molecule has 1 heterocycles. The van der Waals surface area contributed by atoms with Gasteiger partial charge in [0, 0.05) is 25.3 Å². The molecule has 0 bridgehead atoms. The van der Waals surface area contributed by atoms with Gasteiger partial charge in [0.05, 0.1) is 11.6 Å². The molecule has 1 aromatic heterocycles. The number of nitrogens with zero attached hydrogens (tertiary/aromatic N) is 2. The van der Waals surface area contributed by atoms with E-state index in [1.807, 2.05) is 57.1 Å². The van der Waals surface area contributed by atoms with Crippen LogP contribution in [0.4, 0.5) is 5.69 Å². The fourth-order valence-corrected chi connectivity index (χ4v) is 2.35. The highest BCUT2D eigenvalue weighted by atomic mass is 16.5. The summed E-state index contributed by atoms with van der Waals surface area (Å²) in [7, 11) is 3.90. The normalized spacial score (nSPS) is 12.2. The summed E-state index contributed by atoms with van der Waals surface area (Å²) in [4.78, 5) is 13.6. The van der Waals surface area contributed by atoms with Crippen molar-refractivity contribution in [2.45, 2.75) is 26.2 Å². The number of hydrogen-bond acceptors (Lipinski definition) is 4. The lowest BCUT2D eigenvalue weighted by Crippen LogP contribution is -2.15. The van der Waals surface area contributed by atoms with Gasteiger partial charge < -0.3 is 14.5 Å². The summed E-state index contributed by atoms with van der Waals surface area (Å²) in [5, 5.41) is 13.4. The van der Waals surface area contributed by atoms with Crippen LogP contribution in [0.2, 0.25) is 0 Å². The third-order valence-electron chi connectivity index (χ3n) is 3.70. The maximum absolute atomic E-state index is 11.6. The molecule has 1 N–H and O–H groups in total. The van der Waals surface area contributed by atoms with Crippen molar-refractivity contribution >= 4 is 11.7 Å². The van der Waals surface area contributed by atoms with Crippen molar-refractivity contribution in [3.05, 3.63) is 46.8 Å². The third-order valence-corrected chi connectivity index (χ3v) is 3.70. The van der Waals surface area contributed by atoms with Gasteiger partial charge in [-0.25, -0.2) is 0 Å². The van der Waals surface area contributed by atoms with Gasteiger partial charge >= 0.3 is 5.97 Å². The topological polar surface area (TPSA) is 66.6 Å². The highest BCUT2D eigenvalue weighted by Crippen LogP contribution is 2.26. The first-order valence-electron chi connectivity index (χ1n) is 6.82. The molecule has 0 aliphatic rings. The van der Waals surface area contributed by atoms with Gasteiger partial charge in [0.15, 0.2) is 0 Å². The van der Waals surface area contributed by atoms with E-state index in [1.54, 1.807) is 0 Å². The van der Waals surface area contributed by atoms with Gasteiger partial charge in [-0.3, -0.25) is 4.79 Å². The van der Waals surface area contributed by atoms with Crippen molar-refractivity contribution < 1.29 is 14.4 Å². The summed E-state index contributed by atoms with van der Waals surface area (Å²) in [5.74, 6) is -0.755. The minimum atomic E-state index is -0.840. The Morgan fingerprint density at radius 1 is 1.29 bits per heavy atom. The summed E-state index contributed by atoms with van der Waals surface area (Å²) >= 11 is 0. The molecule has 1 aromatic carbocycles. The minimum absolute atomic E-state index is 0.387. The molecule has 5 nitrogen and oxygen atoms in total. The summed E-state index contributed by atoms with van der Waals surface area (Å²) in [6, 6.07) is 7.59. The number of benzene rings is 1. The first-order valence-corrected chi connectivity index (χ1v) is 6.82. The molecule has 1 unspecified atom stereocenters. The molecule has 0 saturated carbocycles. The lowest BCUT2D eigenvalue weighted by atomic mass is 9.91. The molecule has 0 aliphatic heterocycles. The van der Waals surface area contributed by atoms with Gasteiger partial charge in [-0.05, 0) is 38.0 Å². The largest absolute Gasteiger partial charge is 0.481 e. The van der Waals surface area contributed by atoms with Crippen LogP contribution in [0.1, 0.15) is 28.5 Å². The predicted molar refractivity (Wildman–Crippen MR) is 80.8 cm³/mol. The molecule has 0 radical (unpaired) electrons. The van der Waals surface area contributed by atoms with E-state index in [0.29, 0.717) is 12.2 Å². The predicted octanol–water partition coefficient (Wildman–Crippen LogP) is 2.77. The zero-order valence-electron chi connectivity index (χ0n) is 12.8. The maximum atomic E-state index is 11.6. The zero-order valence-corrected chi connectivity index (χ0v) is 12.8. The second kappa shape index (κ2) is 5.99. The first kappa shape index (κ1) is 15.1. The van der Waals surface area contributed by atoms with Crippen LogP contribution < -0.4 is 4.90 Å². The fourth-order valence-electron chi connectivity index (χ4n) is 2.35. The van der Waals surface area contributed by atoms with Crippen molar-refractivity contribution in [3.8, 4) is 0 Å². The quantitative estimate of drug-likeness (QED) is 0.916. The van der Waals surface area contributed by atoms with Crippen molar-refractivity contribution in [1.29, 1.82) is 0 Å². The van der Waals surface area contributed by atoms with Gasteiger partial charge in [-0.15, -0.1) is 0 Å². The van der Waals surface area contributed by atoms with E-state index in [2.05, 4.69) is 5.16 Å². The summed E-state index contributed by atoms with van der Waals surface area (Å²) in [5.41, 5.74) is 3.45. The number of aromatic nitrogens is 1. The molecule has 1 atom stereocenters. The highest BCUT2D eigenvalue weighted by Gasteiger charge is 2.23.